The largest absolute Gasteiger partial charge is 0.292 e. The third kappa shape index (κ3) is 1.23. The number of rotatable bonds is 0. The highest BCUT2D eigenvalue weighted by atomic mass is 15.1. The molecule has 0 amide bonds. The van der Waals surface area contributed by atoms with Crippen LogP contribution in [0.1, 0.15) is 25.1 Å². The lowest BCUT2D eigenvalue weighted by molar-refractivity contribution is 0.599. The summed E-state index contributed by atoms with van der Waals surface area (Å²) in [6.45, 7) is 4.47. The van der Waals surface area contributed by atoms with Crippen LogP contribution in [0, 0.1) is 0 Å². The average molecular weight is 285 g/mol. The minimum absolute atomic E-state index is 0.145. The van der Waals surface area contributed by atoms with Crippen LogP contribution in [0.5, 0.6) is 0 Å². The zero-order valence-electron chi connectivity index (χ0n) is 12.5. The number of para-hydroxylation sites is 2. The van der Waals surface area contributed by atoms with E-state index in [9.17, 15) is 0 Å². The molecule has 106 valence electrons. The van der Waals surface area contributed by atoms with E-state index in [2.05, 4.69) is 70.8 Å². The van der Waals surface area contributed by atoms with E-state index in [1.54, 1.807) is 12.4 Å². The van der Waals surface area contributed by atoms with Crippen molar-refractivity contribution in [2.45, 2.75) is 19.3 Å². The van der Waals surface area contributed by atoms with E-state index >= 15 is 0 Å². The molecule has 5 rings (SSSR count). The van der Waals surface area contributed by atoms with E-state index in [1.807, 2.05) is 0 Å². The van der Waals surface area contributed by atoms with Gasteiger partial charge in [-0.1, -0.05) is 36.4 Å². The molecule has 0 saturated heterocycles. The molecule has 1 aliphatic heterocycles. The molecule has 3 heterocycles. The third-order valence-corrected chi connectivity index (χ3v) is 4.85. The number of aromatic nitrogens is 3. The number of hydrogen-bond acceptors (Lipinski definition) is 2. The molecule has 4 aromatic rings. The lowest BCUT2D eigenvalue weighted by atomic mass is 9.78. The summed E-state index contributed by atoms with van der Waals surface area (Å²) in [7, 11) is 0. The van der Waals surface area contributed by atoms with Gasteiger partial charge in [-0.2, -0.15) is 0 Å². The maximum atomic E-state index is 4.66. The lowest BCUT2D eigenvalue weighted by Crippen LogP contribution is -2.28. The van der Waals surface area contributed by atoms with E-state index in [1.165, 1.54) is 27.4 Å². The fourth-order valence-corrected chi connectivity index (χ4v) is 3.81. The maximum Gasteiger partial charge on any atom is 0.160 e. The Bertz CT molecular complexity index is 1060. The molecule has 0 spiro atoms. The highest BCUT2D eigenvalue weighted by Crippen LogP contribution is 2.45. The Labute approximate surface area is 128 Å². The van der Waals surface area contributed by atoms with Gasteiger partial charge in [0, 0.05) is 28.6 Å². The van der Waals surface area contributed by atoms with E-state index in [0.717, 1.165) is 11.5 Å². The molecule has 0 bridgehead atoms. The smallest absolute Gasteiger partial charge is 0.160 e. The van der Waals surface area contributed by atoms with Crippen molar-refractivity contribution < 1.29 is 0 Å². The molecular weight excluding hydrogens is 270 g/mol. The van der Waals surface area contributed by atoms with E-state index in [-0.39, 0.29) is 5.41 Å². The van der Waals surface area contributed by atoms with Gasteiger partial charge in [-0.3, -0.25) is 9.55 Å². The van der Waals surface area contributed by atoms with Gasteiger partial charge < -0.3 is 0 Å². The highest BCUT2D eigenvalue weighted by molar-refractivity contribution is 6.11. The van der Waals surface area contributed by atoms with Crippen molar-refractivity contribution in [1.29, 1.82) is 0 Å². The summed E-state index contributed by atoms with van der Waals surface area (Å²) in [6.07, 6.45) is 3.57. The molecule has 0 aliphatic carbocycles. The zero-order valence-corrected chi connectivity index (χ0v) is 12.5. The van der Waals surface area contributed by atoms with Crippen LogP contribution < -0.4 is 0 Å². The molecule has 2 aromatic heterocycles. The van der Waals surface area contributed by atoms with Gasteiger partial charge in [0.1, 0.15) is 0 Å². The Morgan fingerprint density at radius 1 is 0.864 bits per heavy atom. The first-order valence-electron chi connectivity index (χ1n) is 7.54. The van der Waals surface area contributed by atoms with E-state index in [4.69, 9.17) is 0 Å². The Morgan fingerprint density at radius 2 is 1.64 bits per heavy atom. The third-order valence-electron chi connectivity index (χ3n) is 4.85. The zero-order chi connectivity index (χ0) is 14.9. The van der Waals surface area contributed by atoms with Crippen LogP contribution in [0.3, 0.4) is 0 Å². The molecule has 0 fully saturated rings. The Hall–Kier alpha value is -2.68. The van der Waals surface area contributed by atoms with Crippen molar-refractivity contribution in [2.75, 3.05) is 0 Å². The van der Waals surface area contributed by atoms with Crippen molar-refractivity contribution in [2.24, 2.45) is 0 Å². The van der Waals surface area contributed by atoms with Gasteiger partial charge in [0.25, 0.3) is 0 Å². The van der Waals surface area contributed by atoms with Crippen molar-refractivity contribution in [3.8, 4) is 5.82 Å². The van der Waals surface area contributed by atoms with Gasteiger partial charge in [-0.15, -0.1) is 0 Å². The second kappa shape index (κ2) is 3.74. The van der Waals surface area contributed by atoms with Crippen LogP contribution in [0.25, 0.3) is 27.6 Å². The van der Waals surface area contributed by atoms with Crippen LogP contribution in [-0.2, 0) is 5.41 Å². The minimum Gasteiger partial charge on any atom is -0.292 e. The predicted molar refractivity (Wildman–Crippen MR) is 88.5 cm³/mol. The molecule has 3 nitrogen and oxygen atoms in total. The summed E-state index contributed by atoms with van der Waals surface area (Å²) in [6, 6.07) is 15.1. The molecule has 0 saturated carbocycles. The number of benzene rings is 2. The van der Waals surface area contributed by atoms with Crippen molar-refractivity contribution >= 4 is 21.8 Å². The Kier molecular flexibility index (Phi) is 2.03. The summed E-state index contributed by atoms with van der Waals surface area (Å²) in [5.41, 5.74) is 4.67. The topological polar surface area (TPSA) is 30.7 Å². The molecule has 0 unspecified atom stereocenters. The van der Waals surface area contributed by atoms with Gasteiger partial charge in [0.15, 0.2) is 5.82 Å². The van der Waals surface area contributed by atoms with Crippen LogP contribution in [-0.4, -0.2) is 14.5 Å². The summed E-state index contributed by atoms with van der Waals surface area (Å²) < 4.78 is 2.27. The van der Waals surface area contributed by atoms with Gasteiger partial charge in [0.05, 0.1) is 16.7 Å². The fraction of sp³-hybridized carbons (Fsp3) is 0.158. The van der Waals surface area contributed by atoms with E-state index < -0.39 is 0 Å². The summed E-state index contributed by atoms with van der Waals surface area (Å²) >= 11 is 0. The average Bonchev–Trinajstić information content (AvgIpc) is 2.88. The molecule has 0 radical (unpaired) electrons. The lowest BCUT2D eigenvalue weighted by Gasteiger charge is -2.32. The normalized spacial score (nSPS) is 15.2. The number of nitrogens with zero attached hydrogens (tertiary/aromatic N) is 3. The summed E-state index contributed by atoms with van der Waals surface area (Å²) in [5, 5.41) is 2.56. The van der Waals surface area contributed by atoms with Gasteiger partial charge >= 0.3 is 0 Å². The predicted octanol–water partition coefficient (Wildman–Crippen LogP) is 4.21. The molecular formula is C19H15N3. The quantitative estimate of drug-likeness (QED) is 0.484. The minimum atomic E-state index is -0.145. The van der Waals surface area contributed by atoms with Gasteiger partial charge in [-0.25, -0.2) is 4.98 Å². The van der Waals surface area contributed by atoms with Crippen molar-refractivity contribution in [3.63, 3.8) is 0 Å². The molecule has 0 atom stereocenters. The van der Waals surface area contributed by atoms with Gasteiger partial charge in [0.2, 0.25) is 0 Å². The maximum absolute atomic E-state index is 4.66. The molecule has 1 aliphatic rings. The Balaban J connectivity index is 2.15. The molecule has 3 heteroatoms. The molecule has 2 aromatic carbocycles. The Morgan fingerprint density at radius 3 is 2.55 bits per heavy atom. The number of hydrogen-bond donors (Lipinski definition) is 0. The fourth-order valence-electron chi connectivity index (χ4n) is 3.81. The first-order valence-corrected chi connectivity index (χ1v) is 7.54. The molecule has 0 N–H and O–H groups in total. The SMILES string of the molecule is CC1(C)c2nccnc2-n2c3ccccc3c3cccc1c32. The standard InChI is InChI=1S/C19H15N3/c1-19(2)14-8-5-7-13-12-6-3-4-9-15(12)22(16(13)14)18-17(19)20-10-11-21-18/h3-11H,1-2H3. The van der Waals surface area contributed by atoms with Crippen LogP contribution in [0.2, 0.25) is 0 Å². The second-order valence-corrected chi connectivity index (χ2v) is 6.41. The second-order valence-electron chi connectivity index (χ2n) is 6.41. The monoisotopic (exact) mass is 285 g/mol. The van der Waals surface area contributed by atoms with Crippen molar-refractivity contribution in [3.05, 3.63) is 66.1 Å². The molecule has 22 heavy (non-hydrogen) atoms. The van der Waals surface area contributed by atoms with E-state index in [0.29, 0.717) is 0 Å². The van der Waals surface area contributed by atoms with Crippen LogP contribution in [0.15, 0.2) is 54.9 Å². The van der Waals surface area contributed by atoms with Gasteiger partial charge in [-0.05, 0) is 25.5 Å². The van der Waals surface area contributed by atoms with Crippen LogP contribution in [0.4, 0.5) is 0 Å². The van der Waals surface area contributed by atoms with Crippen LogP contribution >= 0.6 is 0 Å². The number of fused-ring (bicyclic) bond motifs is 5. The first-order chi connectivity index (χ1) is 10.7. The summed E-state index contributed by atoms with van der Waals surface area (Å²) in [5.74, 6) is 0.956. The highest BCUT2D eigenvalue weighted by Gasteiger charge is 2.36. The summed E-state index contributed by atoms with van der Waals surface area (Å²) in [4.78, 5) is 9.32. The van der Waals surface area contributed by atoms with Crippen molar-refractivity contribution in [1.82, 2.24) is 14.5 Å². The first kappa shape index (κ1) is 11.9.